The lowest BCUT2D eigenvalue weighted by atomic mass is 10.1. The van der Waals surface area contributed by atoms with E-state index in [1.165, 1.54) is 0 Å². The number of ether oxygens (including phenoxy) is 2. The first-order valence-electron chi connectivity index (χ1n) is 8.13. The van der Waals surface area contributed by atoms with Gasteiger partial charge in [-0.1, -0.05) is 30.3 Å². The lowest BCUT2D eigenvalue weighted by molar-refractivity contribution is -0.117. The zero-order chi connectivity index (χ0) is 18.8. The molecule has 0 unspecified atom stereocenters. The van der Waals surface area contributed by atoms with Gasteiger partial charge in [-0.15, -0.1) is 0 Å². The van der Waals surface area contributed by atoms with Crippen LogP contribution in [0.5, 0.6) is 5.75 Å². The van der Waals surface area contributed by atoms with Gasteiger partial charge in [-0.3, -0.25) is 9.59 Å². The normalized spacial score (nSPS) is 10.9. The summed E-state index contributed by atoms with van der Waals surface area (Å²) < 4.78 is 10.1. The first kappa shape index (κ1) is 19.2. The number of amides is 2. The number of hydrogen-bond donors (Lipinski definition) is 2. The van der Waals surface area contributed by atoms with Crippen LogP contribution < -0.4 is 15.4 Å². The van der Waals surface area contributed by atoms with E-state index in [0.717, 1.165) is 5.56 Å². The lowest BCUT2D eigenvalue weighted by Crippen LogP contribution is -2.36. The second-order valence-corrected chi connectivity index (χ2v) is 5.40. The van der Waals surface area contributed by atoms with Crippen molar-refractivity contribution < 1.29 is 19.1 Å². The molecule has 0 atom stereocenters. The predicted octanol–water partition coefficient (Wildman–Crippen LogP) is 2.23. The monoisotopic (exact) mass is 354 g/mol. The van der Waals surface area contributed by atoms with Gasteiger partial charge in [0.05, 0.1) is 13.7 Å². The zero-order valence-electron chi connectivity index (χ0n) is 14.8. The third-order valence-corrected chi connectivity index (χ3v) is 3.55. The van der Waals surface area contributed by atoms with Crippen molar-refractivity contribution in [1.29, 1.82) is 0 Å². The topological polar surface area (TPSA) is 76.7 Å². The molecule has 2 aromatic rings. The van der Waals surface area contributed by atoms with Gasteiger partial charge in [0.25, 0.3) is 11.8 Å². The fourth-order valence-corrected chi connectivity index (χ4v) is 2.17. The molecule has 0 radical (unpaired) electrons. The molecule has 2 amide bonds. The molecule has 6 nitrogen and oxygen atoms in total. The van der Waals surface area contributed by atoms with Crippen LogP contribution in [0.2, 0.25) is 0 Å². The van der Waals surface area contributed by atoms with E-state index in [1.807, 2.05) is 6.07 Å². The van der Waals surface area contributed by atoms with Gasteiger partial charge in [0.1, 0.15) is 11.4 Å². The smallest absolute Gasteiger partial charge is 0.267 e. The molecule has 0 aliphatic carbocycles. The van der Waals surface area contributed by atoms with Crippen molar-refractivity contribution >= 4 is 17.9 Å². The number of rotatable bonds is 8. The minimum absolute atomic E-state index is 0.153. The van der Waals surface area contributed by atoms with Crippen LogP contribution in [0.15, 0.2) is 60.3 Å². The van der Waals surface area contributed by atoms with Gasteiger partial charge in [0.15, 0.2) is 0 Å². The van der Waals surface area contributed by atoms with Crippen molar-refractivity contribution in [1.82, 2.24) is 10.6 Å². The zero-order valence-corrected chi connectivity index (χ0v) is 14.8. The fourth-order valence-electron chi connectivity index (χ4n) is 2.17. The SMILES string of the molecule is COCCNC(=O)/C(=C\c1ccc(OC)cc1)NC(=O)c1ccccc1. The Hall–Kier alpha value is -3.12. The fraction of sp³-hybridized carbons (Fsp3) is 0.200. The van der Waals surface area contributed by atoms with Crippen LogP contribution >= 0.6 is 0 Å². The highest BCUT2D eigenvalue weighted by Gasteiger charge is 2.14. The Labute approximate surface area is 152 Å². The Kier molecular flexibility index (Phi) is 7.39. The predicted molar refractivity (Wildman–Crippen MR) is 99.8 cm³/mol. The van der Waals surface area contributed by atoms with Gasteiger partial charge < -0.3 is 20.1 Å². The Morgan fingerprint density at radius 3 is 2.31 bits per heavy atom. The van der Waals surface area contributed by atoms with Gasteiger partial charge >= 0.3 is 0 Å². The summed E-state index contributed by atoms with van der Waals surface area (Å²) in [6, 6.07) is 15.9. The van der Waals surface area contributed by atoms with E-state index >= 15 is 0 Å². The molecule has 0 aliphatic heterocycles. The van der Waals surface area contributed by atoms with E-state index in [9.17, 15) is 9.59 Å². The quantitative estimate of drug-likeness (QED) is 0.563. The van der Waals surface area contributed by atoms with Crippen molar-refractivity contribution in [3.05, 3.63) is 71.4 Å². The third-order valence-electron chi connectivity index (χ3n) is 3.55. The van der Waals surface area contributed by atoms with Gasteiger partial charge in [-0.2, -0.15) is 0 Å². The Balaban J connectivity index is 2.21. The third kappa shape index (κ3) is 5.75. The molecule has 0 saturated heterocycles. The highest BCUT2D eigenvalue weighted by atomic mass is 16.5. The van der Waals surface area contributed by atoms with Crippen LogP contribution in [0.3, 0.4) is 0 Å². The molecule has 0 aliphatic rings. The maximum atomic E-state index is 12.4. The second kappa shape index (κ2) is 10.0. The number of carbonyl (C=O) groups is 2. The molecule has 6 heteroatoms. The van der Waals surface area contributed by atoms with Crippen LogP contribution in [0.4, 0.5) is 0 Å². The molecule has 0 fully saturated rings. The maximum absolute atomic E-state index is 12.4. The molecule has 0 heterocycles. The second-order valence-electron chi connectivity index (χ2n) is 5.40. The highest BCUT2D eigenvalue weighted by molar-refractivity contribution is 6.05. The Morgan fingerprint density at radius 2 is 1.69 bits per heavy atom. The van der Waals surface area contributed by atoms with E-state index in [0.29, 0.717) is 24.5 Å². The van der Waals surface area contributed by atoms with Crippen LogP contribution in [-0.4, -0.2) is 39.2 Å². The molecule has 136 valence electrons. The van der Waals surface area contributed by atoms with Gasteiger partial charge in [-0.05, 0) is 35.9 Å². The molecule has 0 aromatic heterocycles. The molecule has 0 bridgehead atoms. The first-order chi connectivity index (χ1) is 12.6. The summed E-state index contributed by atoms with van der Waals surface area (Å²) in [7, 11) is 3.14. The largest absolute Gasteiger partial charge is 0.497 e. The standard InChI is InChI=1S/C20H22N2O4/c1-25-13-12-21-20(24)18(14-15-8-10-17(26-2)11-9-15)22-19(23)16-6-4-3-5-7-16/h3-11,14H,12-13H2,1-2H3,(H,21,24)(H,22,23)/b18-14+. The van der Waals surface area contributed by atoms with E-state index < -0.39 is 0 Å². The first-order valence-corrected chi connectivity index (χ1v) is 8.13. The van der Waals surface area contributed by atoms with E-state index in [-0.39, 0.29) is 17.5 Å². The van der Waals surface area contributed by atoms with E-state index in [4.69, 9.17) is 9.47 Å². The van der Waals surface area contributed by atoms with Crippen molar-refractivity contribution in [2.75, 3.05) is 27.4 Å². The molecule has 0 spiro atoms. The van der Waals surface area contributed by atoms with Crippen LogP contribution in [0.1, 0.15) is 15.9 Å². The van der Waals surface area contributed by atoms with E-state index in [2.05, 4.69) is 10.6 Å². The van der Waals surface area contributed by atoms with Crippen molar-refractivity contribution in [2.45, 2.75) is 0 Å². The summed E-state index contributed by atoms with van der Waals surface area (Å²) in [6.07, 6.45) is 1.61. The number of hydrogen-bond acceptors (Lipinski definition) is 4. The lowest BCUT2D eigenvalue weighted by Gasteiger charge is -2.11. The molecule has 0 saturated carbocycles. The molecule has 2 rings (SSSR count). The number of benzene rings is 2. The van der Waals surface area contributed by atoms with Gasteiger partial charge in [0.2, 0.25) is 0 Å². The van der Waals surface area contributed by atoms with Gasteiger partial charge in [-0.25, -0.2) is 0 Å². The number of nitrogens with one attached hydrogen (secondary N) is 2. The van der Waals surface area contributed by atoms with Crippen LogP contribution in [0.25, 0.3) is 6.08 Å². The van der Waals surface area contributed by atoms with Crippen LogP contribution in [0, 0.1) is 0 Å². The molecular formula is C20H22N2O4. The maximum Gasteiger partial charge on any atom is 0.267 e. The van der Waals surface area contributed by atoms with Crippen molar-refractivity contribution in [3.63, 3.8) is 0 Å². The minimum atomic E-state index is -0.387. The highest BCUT2D eigenvalue weighted by Crippen LogP contribution is 2.14. The summed E-state index contributed by atoms with van der Waals surface area (Å²) in [6.45, 7) is 0.727. The van der Waals surface area contributed by atoms with E-state index in [1.54, 1.807) is 68.8 Å². The van der Waals surface area contributed by atoms with Crippen LogP contribution in [-0.2, 0) is 9.53 Å². The molecular weight excluding hydrogens is 332 g/mol. The molecule has 2 N–H and O–H groups in total. The summed E-state index contributed by atoms with van der Waals surface area (Å²) >= 11 is 0. The summed E-state index contributed by atoms with van der Waals surface area (Å²) in [5.41, 5.74) is 1.38. The molecule has 26 heavy (non-hydrogen) atoms. The average Bonchev–Trinajstić information content (AvgIpc) is 2.68. The van der Waals surface area contributed by atoms with Gasteiger partial charge in [0, 0.05) is 19.2 Å². The average molecular weight is 354 g/mol. The summed E-state index contributed by atoms with van der Waals surface area (Å²) in [5, 5.41) is 5.39. The summed E-state index contributed by atoms with van der Waals surface area (Å²) in [4.78, 5) is 24.8. The Bertz CT molecular complexity index is 755. The number of methoxy groups -OCH3 is 2. The van der Waals surface area contributed by atoms with Crippen molar-refractivity contribution in [2.24, 2.45) is 0 Å². The van der Waals surface area contributed by atoms with Crippen molar-refractivity contribution in [3.8, 4) is 5.75 Å². The summed E-state index contributed by atoms with van der Waals surface area (Å²) in [5.74, 6) is -0.0315. The minimum Gasteiger partial charge on any atom is -0.497 e. The number of carbonyl (C=O) groups excluding carboxylic acids is 2. The Morgan fingerprint density at radius 1 is 1.00 bits per heavy atom. The molecule has 2 aromatic carbocycles.